The Hall–Kier alpha value is -1.26. The molecule has 1 aliphatic carbocycles. The molecule has 0 atom stereocenters. The van der Waals surface area contributed by atoms with Crippen molar-refractivity contribution >= 4 is 12.0 Å². The number of hydrogen-bond acceptors (Lipinski definition) is 2. The molecule has 0 spiro atoms. The Labute approximate surface area is 89.4 Å². The molecule has 1 aliphatic rings. The van der Waals surface area contributed by atoms with Gasteiger partial charge in [-0.15, -0.1) is 0 Å². The molecule has 2 N–H and O–H groups in total. The number of amides is 2. The fourth-order valence-electron chi connectivity index (χ4n) is 1.43. The zero-order valence-corrected chi connectivity index (χ0v) is 9.03. The van der Waals surface area contributed by atoms with Crippen molar-refractivity contribution in [2.45, 2.75) is 25.7 Å². The Morgan fingerprint density at radius 1 is 1.47 bits per heavy atom. The van der Waals surface area contributed by atoms with Crippen molar-refractivity contribution in [2.24, 2.45) is 5.92 Å². The van der Waals surface area contributed by atoms with E-state index in [1.807, 2.05) is 0 Å². The summed E-state index contributed by atoms with van der Waals surface area (Å²) < 4.78 is 0. The van der Waals surface area contributed by atoms with Crippen molar-refractivity contribution in [3.8, 4) is 0 Å². The number of rotatable bonds is 5. The van der Waals surface area contributed by atoms with Crippen LogP contribution in [-0.4, -0.2) is 42.1 Å². The van der Waals surface area contributed by atoms with Gasteiger partial charge in [0.25, 0.3) is 0 Å². The van der Waals surface area contributed by atoms with E-state index in [0.717, 1.165) is 6.54 Å². The van der Waals surface area contributed by atoms with E-state index in [4.69, 9.17) is 5.11 Å². The molecule has 15 heavy (non-hydrogen) atoms. The molecular formula is C10H18N2O3. The maximum atomic E-state index is 11.4. The van der Waals surface area contributed by atoms with Crippen LogP contribution in [-0.2, 0) is 4.79 Å². The van der Waals surface area contributed by atoms with Gasteiger partial charge in [0.2, 0.25) is 0 Å². The Balaban J connectivity index is 2.11. The van der Waals surface area contributed by atoms with Crippen LogP contribution < -0.4 is 5.32 Å². The molecule has 0 aromatic heterocycles. The lowest BCUT2D eigenvalue weighted by atomic mass is 9.85. The van der Waals surface area contributed by atoms with Crippen LogP contribution in [0.3, 0.4) is 0 Å². The second-order valence-electron chi connectivity index (χ2n) is 4.05. The van der Waals surface area contributed by atoms with Crippen LogP contribution in [0.15, 0.2) is 0 Å². The van der Waals surface area contributed by atoms with Crippen molar-refractivity contribution in [3.63, 3.8) is 0 Å². The van der Waals surface area contributed by atoms with Crippen LogP contribution >= 0.6 is 0 Å². The van der Waals surface area contributed by atoms with E-state index in [-0.39, 0.29) is 19.0 Å². The average Bonchev–Trinajstić information content (AvgIpc) is 2.11. The van der Waals surface area contributed by atoms with Gasteiger partial charge in [0.1, 0.15) is 0 Å². The number of carboxylic acid groups (broad SMARTS) is 1. The zero-order chi connectivity index (χ0) is 11.3. The summed E-state index contributed by atoms with van der Waals surface area (Å²) in [5.74, 6) is -0.254. The summed E-state index contributed by atoms with van der Waals surface area (Å²) in [5.41, 5.74) is 0. The highest BCUT2D eigenvalue weighted by Gasteiger charge is 2.18. The van der Waals surface area contributed by atoms with Crippen molar-refractivity contribution in [2.75, 3.05) is 20.1 Å². The first-order valence-corrected chi connectivity index (χ1v) is 5.30. The molecule has 5 nitrogen and oxygen atoms in total. The maximum absolute atomic E-state index is 11.4. The Morgan fingerprint density at radius 3 is 2.60 bits per heavy atom. The van der Waals surface area contributed by atoms with E-state index < -0.39 is 5.97 Å². The maximum Gasteiger partial charge on any atom is 0.317 e. The number of aliphatic carboxylic acids is 1. The van der Waals surface area contributed by atoms with Crippen LogP contribution in [0.1, 0.15) is 25.7 Å². The third-order valence-corrected chi connectivity index (χ3v) is 2.77. The average molecular weight is 214 g/mol. The highest BCUT2D eigenvalue weighted by molar-refractivity contribution is 5.74. The summed E-state index contributed by atoms with van der Waals surface area (Å²) in [4.78, 5) is 23.1. The highest BCUT2D eigenvalue weighted by atomic mass is 16.4. The Morgan fingerprint density at radius 2 is 2.13 bits per heavy atom. The van der Waals surface area contributed by atoms with Crippen LogP contribution in [0.2, 0.25) is 0 Å². The second-order valence-corrected chi connectivity index (χ2v) is 4.05. The standard InChI is InChI=1S/C10H18N2O3/c1-12(6-5-9(13)14)10(15)11-7-8-3-2-4-8/h8H,2-7H2,1H3,(H,11,15)(H,13,14). The normalized spacial score (nSPS) is 15.5. The number of urea groups is 1. The number of nitrogens with zero attached hydrogens (tertiary/aromatic N) is 1. The molecule has 1 fully saturated rings. The SMILES string of the molecule is CN(CCC(=O)O)C(=O)NCC1CCC1. The third-order valence-electron chi connectivity index (χ3n) is 2.77. The first-order chi connectivity index (χ1) is 7.09. The number of nitrogens with one attached hydrogen (secondary N) is 1. The molecule has 1 saturated carbocycles. The predicted molar refractivity (Wildman–Crippen MR) is 55.6 cm³/mol. The fraction of sp³-hybridized carbons (Fsp3) is 0.800. The monoisotopic (exact) mass is 214 g/mol. The van der Waals surface area contributed by atoms with Crippen LogP contribution in [0.5, 0.6) is 0 Å². The Kier molecular flexibility index (Phi) is 4.39. The highest BCUT2D eigenvalue weighted by Crippen LogP contribution is 2.25. The summed E-state index contributed by atoms with van der Waals surface area (Å²) in [6.45, 7) is 0.974. The fourth-order valence-corrected chi connectivity index (χ4v) is 1.43. The molecule has 86 valence electrons. The molecule has 0 aliphatic heterocycles. The van der Waals surface area contributed by atoms with E-state index in [1.165, 1.54) is 24.2 Å². The largest absolute Gasteiger partial charge is 0.481 e. The van der Waals surface area contributed by atoms with Gasteiger partial charge in [-0.3, -0.25) is 4.79 Å². The molecule has 0 unspecified atom stereocenters. The summed E-state index contributed by atoms with van der Waals surface area (Å²) in [6, 6.07) is -0.178. The van der Waals surface area contributed by atoms with E-state index in [0.29, 0.717) is 5.92 Å². The molecule has 0 aromatic carbocycles. The van der Waals surface area contributed by atoms with Gasteiger partial charge in [-0.2, -0.15) is 0 Å². The van der Waals surface area contributed by atoms with Gasteiger partial charge >= 0.3 is 12.0 Å². The van der Waals surface area contributed by atoms with E-state index in [9.17, 15) is 9.59 Å². The summed E-state index contributed by atoms with van der Waals surface area (Å²) in [7, 11) is 1.61. The van der Waals surface area contributed by atoms with E-state index in [1.54, 1.807) is 7.05 Å². The van der Waals surface area contributed by atoms with Gasteiger partial charge in [-0.25, -0.2) is 4.79 Å². The lowest BCUT2D eigenvalue weighted by Crippen LogP contribution is -2.41. The minimum Gasteiger partial charge on any atom is -0.481 e. The Bertz CT molecular complexity index is 239. The van der Waals surface area contributed by atoms with Crippen LogP contribution in [0.25, 0.3) is 0 Å². The van der Waals surface area contributed by atoms with Gasteiger partial charge in [0.05, 0.1) is 6.42 Å². The summed E-state index contributed by atoms with van der Waals surface area (Å²) in [6.07, 6.45) is 3.64. The van der Waals surface area contributed by atoms with Crippen molar-refractivity contribution in [1.82, 2.24) is 10.2 Å². The first-order valence-electron chi connectivity index (χ1n) is 5.30. The summed E-state index contributed by atoms with van der Waals surface area (Å²) >= 11 is 0. The predicted octanol–water partition coefficient (Wildman–Crippen LogP) is 0.903. The lowest BCUT2D eigenvalue weighted by Gasteiger charge is -2.26. The topological polar surface area (TPSA) is 69.6 Å². The molecule has 0 heterocycles. The van der Waals surface area contributed by atoms with Gasteiger partial charge in [-0.1, -0.05) is 6.42 Å². The van der Waals surface area contributed by atoms with Crippen molar-refractivity contribution in [3.05, 3.63) is 0 Å². The smallest absolute Gasteiger partial charge is 0.317 e. The molecule has 0 bridgehead atoms. The first kappa shape index (κ1) is 11.8. The molecule has 0 aromatic rings. The van der Waals surface area contributed by atoms with Crippen LogP contribution in [0.4, 0.5) is 4.79 Å². The second kappa shape index (κ2) is 5.58. The minimum atomic E-state index is -0.881. The molecule has 1 rings (SSSR count). The summed E-state index contributed by atoms with van der Waals surface area (Å²) in [5, 5.41) is 11.3. The number of hydrogen-bond donors (Lipinski definition) is 2. The quantitative estimate of drug-likeness (QED) is 0.714. The molecule has 0 radical (unpaired) electrons. The number of carbonyl (C=O) groups excluding carboxylic acids is 1. The molecular weight excluding hydrogens is 196 g/mol. The van der Waals surface area contributed by atoms with Gasteiger partial charge in [0.15, 0.2) is 0 Å². The van der Waals surface area contributed by atoms with Crippen molar-refractivity contribution in [1.29, 1.82) is 0 Å². The van der Waals surface area contributed by atoms with Crippen molar-refractivity contribution < 1.29 is 14.7 Å². The minimum absolute atomic E-state index is 0.00660. The van der Waals surface area contributed by atoms with Gasteiger partial charge in [-0.05, 0) is 18.8 Å². The number of carbonyl (C=O) groups is 2. The zero-order valence-electron chi connectivity index (χ0n) is 9.03. The molecule has 0 saturated heterocycles. The van der Waals surface area contributed by atoms with E-state index >= 15 is 0 Å². The van der Waals surface area contributed by atoms with Gasteiger partial charge in [0, 0.05) is 20.1 Å². The number of carboxylic acids is 1. The van der Waals surface area contributed by atoms with Gasteiger partial charge < -0.3 is 15.3 Å². The molecule has 2 amide bonds. The third kappa shape index (κ3) is 4.18. The van der Waals surface area contributed by atoms with E-state index in [2.05, 4.69) is 5.32 Å². The lowest BCUT2D eigenvalue weighted by molar-refractivity contribution is -0.137. The van der Waals surface area contributed by atoms with Crippen LogP contribution in [0, 0.1) is 5.92 Å². The molecule has 5 heteroatoms.